The summed E-state index contributed by atoms with van der Waals surface area (Å²) in [5.41, 5.74) is 2.41. The van der Waals surface area contributed by atoms with Crippen molar-refractivity contribution >= 4 is 0 Å². The SMILES string of the molecule is CCCCCCOCC(F)CN(Cc1ccccc1)Cc1ccccc1. The van der Waals surface area contributed by atoms with E-state index in [1.165, 1.54) is 30.4 Å². The molecule has 26 heavy (non-hydrogen) atoms. The predicted octanol–water partition coefficient (Wildman–Crippen LogP) is 5.62. The summed E-state index contributed by atoms with van der Waals surface area (Å²) in [7, 11) is 0. The smallest absolute Gasteiger partial charge is 0.136 e. The minimum Gasteiger partial charge on any atom is -0.378 e. The lowest BCUT2D eigenvalue weighted by Gasteiger charge is -2.24. The quantitative estimate of drug-likeness (QED) is 0.431. The third-order valence-electron chi connectivity index (χ3n) is 4.40. The van der Waals surface area contributed by atoms with E-state index in [0.717, 1.165) is 19.5 Å². The van der Waals surface area contributed by atoms with Crippen LogP contribution in [0.3, 0.4) is 0 Å². The van der Waals surface area contributed by atoms with Gasteiger partial charge in [-0.1, -0.05) is 86.8 Å². The molecule has 0 aliphatic heterocycles. The number of nitrogens with zero attached hydrogens (tertiary/aromatic N) is 1. The van der Waals surface area contributed by atoms with E-state index in [-0.39, 0.29) is 6.61 Å². The second-order valence-electron chi connectivity index (χ2n) is 6.87. The van der Waals surface area contributed by atoms with E-state index >= 15 is 0 Å². The molecule has 0 aliphatic rings. The lowest BCUT2D eigenvalue weighted by molar-refractivity contribution is 0.0562. The summed E-state index contributed by atoms with van der Waals surface area (Å²) < 4.78 is 20.0. The van der Waals surface area contributed by atoms with Crippen LogP contribution in [0.1, 0.15) is 43.7 Å². The van der Waals surface area contributed by atoms with Crippen molar-refractivity contribution in [2.75, 3.05) is 19.8 Å². The molecule has 0 saturated carbocycles. The maximum absolute atomic E-state index is 14.5. The number of ether oxygens (including phenoxy) is 1. The minimum absolute atomic E-state index is 0.187. The average molecular weight is 358 g/mol. The standard InChI is InChI=1S/C23H32FNO/c1-2-3-4-11-16-26-20-23(24)19-25(17-21-12-7-5-8-13-21)18-22-14-9-6-10-15-22/h5-10,12-15,23H,2-4,11,16-20H2,1H3. The molecule has 0 aliphatic carbocycles. The van der Waals surface area contributed by atoms with Crippen LogP contribution in [-0.2, 0) is 17.8 Å². The molecule has 2 rings (SSSR count). The minimum atomic E-state index is -0.964. The van der Waals surface area contributed by atoms with Gasteiger partial charge in [-0.15, -0.1) is 0 Å². The average Bonchev–Trinajstić information content (AvgIpc) is 2.66. The Hall–Kier alpha value is -1.71. The van der Waals surface area contributed by atoms with Gasteiger partial charge in [0.15, 0.2) is 0 Å². The Kier molecular flexibility index (Phi) is 9.99. The van der Waals surface area contributed by atoms with E-state index < -0.39 is 6.17 Å². The summed E-state index contributed by atoms with van der Waals surface area (Å²) in [6.07, 6.45) is 3.66. The molecular weight excluding hydrogens is 325 g/mol. The van der Waals surface area contributed by atoms with Crippen molar-refractivity contribution in [1.29, 1.82) is 0 Å². The Balaban J connectivity index is 1.82. The second kappa shape index (κ2) is 12.6. The molecule has 1 atom stereocenters. The maximum Gasteiger partial charge on any atom is 0.136 e. The first kappa shape index (κ1) is 20.6. The van der Waals surface area contributed by atoms with E-state index in [1.807, 2.05) is 36.4 Å². The van der Waals surface area contributed by atoms with Crippen LogP contribution in [0.4, 0.5) is 4.39 Å². The molecule has 2 aromatic carbocycles. The van der Waals surface area contributed by atoms with Crippen molar-refractivity contribution in [3.05, 3.63) is 71.8 Å². The zero-order valence-corrected chi connectivity index (χ0v) is 15.9. The molecule has 3 heteroatoms. The molecule has 0 radical (unpaired) electrons. The van der Waals surface area contributed by atoms with Crippen LogP contribution >= 0.6 is 0 Å². The van der Waals surface area contributed by atoms with Crippen molar-refractivity contribution in [1.82, 2.24) is 4.90 Å². The van der Waals surface area contributed by atoms with Gasteiger partial charge < -0.3 is 4.74 Å². The van der Waals surface area contributed by atoms with Crippen LogP contribution < -0.4 is 0 Å². The van der Waals surface area contributed by atoms with Gasteiger partial charge in [-0.05, 0) is 17.5 Å². The van der Waals surface area contributed by atoms with Gasteiger partial charge in [-0.25, -0.2) is 4.39 Å². The highest BCUT2D eigenvalue weighted by Gasteiger charge is 2.14. The number of halogens is 1. The number of alkyl halides is 1. The molecule has 0 fully saturated rings. The highest BCUT2D eigenvalue weighted by atomic mass is 19.1. The zero-order valence-electron chi connectivity index (χ0n) is 15.9. The van der Waals surface area contributed by atoms with Crippen LogP contribution in [0.15, 0.2) is 60.7 Å². The van der Waals surface area contributed by atoms with Gasteiger partial charge in [-0.3, -0.25) is 4.90 Å². The molecule has 2 aromatic rings. The van der Waals surface area contributed by atoms with E-state index in [0.29, 0.717) is 13.2 Å². The van der Waals surface area contributed by atoms with Gasteiger partial charge in [0, 0.05) is 26.2 Å². The van der Waals surface area contributed by atoms with Gasteiger partial charge in [0.2, 0.25) is 0 Å². The van der Waals surface area contributed by atoms with Crippen LogP contribution in [0, 0.1) is 0 Å². The van der Waals surface area contributed by atoms with Gasteiger partial charge in [-0.2, -0.15) is 0 Å². The molecule has 2 nitrogen and oxygen atoms in total. The Morgan fingerprint density at radius 2 is 1.42 bits per heavy atom. The van der Waals surface area contributed by atoms with Gasteiger partial charge in [0.25, 0.3) is 0 Å². The first-order valence-corrected chi connectivity index (χ1v) is 9.80. The van der Waals surface area contributed by atoms with Crippen LogP contribution in [-0.4, -0.2) is 30.8 Å². The molecule has 1 unspecified atom stereocenters. The fraction of sp³-hybridized carbons (Fsp3) is 0.478. The zero-order chi connectivity index (χ0) is 18.5. The topological polar surface area (TPSA) is 12.5 Å². The number of rotatable bonds is 13. The first-order chi connectivity index (χ1) is 12.8. The molecule has 0 saturated heterocycles. The van der Waals surface area contributed by atoms with Crippen LogP contribution in [0.2, 0.25) is 0 Å². The largest absolute Gasteiger partial charge is 0.378 e. The molecule has 0 heterocycles. The summed E-state index contributed by atoms with van der Waals surface area (Å²) in [6.45, 7) is 4.91. The molecule has 0 N–H and O–H groups in total. The Labute approximate surface area is 158 Å². The summed E-state index contributed by atoms with van der Waals surface area (Å²) in [4.78, 5) is 2.16. The molecule has 0 aromatic heterocycles. The fourth-order valence-corrected chi connectivity index (χ4v) is 3.04. The summed E-state index contributed by atoms with van der Waals surface area (Å²) in [5.74, 6) is 0. The number of benzene rings is 2. The number of unbranched alkanes of at least 4 members (excludes halogenated alkanes) is 3. The Morgan fingerprint density at radius 3 is 1.96 bits per heavy atom. The highest BCUT2D eigenvalue weighted by Crippen LogP contribution is 2.12. The van der Waals surface area contributed by atoms with Crippen molar-refractivity contribution < 1.29 is 9.13 Å². The summed E-state index contributed by atoms with van der Waals surface area (Å²) in [6, 6.07) is 20.5. The number of hydrogen-bond donors (Lipinski definition) is 0. The van der Waals surface area contributed by atoms with Gasteiger partial charge in [0.05, 0.1) is 6.61 Å². The van der Waals surface area contributed by atoms with Crippen molar-refractivity contribution in [3.63, 3.8) is 0 Å². The molecule has 0 amide bonds. The first-order valence-electron chi connectivity index (χ1n) is 9.80. The lowest BCUT2D eigenvalue weighted by atomic mass is 10.1. The monoisotopic (exact) mass is 357 g/mol. The fourth-order valence-electron chi connectivity index (χ4n) is 3.04. The Morgan fingerprint density at radius 1 is 0.846 bits per heavy atom. The van der Waals surface area contributed by atoms with E-state index in [2.05, 4.69) is 36.1 Å². The third-order valence-corrected chi connectivity index (χ3v) is 4.40. The Bertz CT molecular complexity index is 534. The predicted molar refractivity (Wildman–Crippen MR) is 107 cm³/mol. The van der Waals surface area contributed by atoms with E-state index in [1.54, 1.807) is 0 Å². The maximum atomic E-state index is 14.5. The molecule has 0 spiro atoms. The lowest BCUT2D eigenvalue weighted by Crippen LogP contribution is -2.32. The van der Waals surface area contributed by atoms with Crippen molar-refractivity contribution in [3.8, 4) is 0 Å². The summed E-state index contributed by atoms with van der Waals surface area (Å²) in [5, 5.41) is 0. The summed E-state index contributed by atoms with van der Waals surface area (Å²) >= 11 is 0. The van der Waals surface area contributed by atoms with Crippen LogP contribution in [0.5, 0.6) is 0 Å². The van der Waals surface area contributed by atoms with E-state index in [4.69, 9.17) is 4.74 Å². The normalized spacial score (nSPS) is 12.4. The van der Waals surface area contributed by atoms with Crippen LogP contribution in [0.25, 0.3) is 0 Å². The van der Waals surface area contributed by atoms with Crippen molar-refractivity contribution in [2.45, 2.75) is 51.9 Å². The number of hydrogen-bond acceptors (Lipinski definition) is 2. The molecular formula is C23H32FNO. The molecule has 142 valence electrons. The van der Waals surface area contributed by atoms with Crippen molar-refractivity contribution in [2.24, 2.45) is 0 Å². The van der Waals surface area contributed by atoms with E-state index in [9.17, 15) is 4.39 Å². The second-order valence-corrected chi connectivity index (χ2v) is 6.87. The van der Waals surface area contributed by atoms with Gasteiger partial charge >= 0.3 is 0 Å². The molecule has 0 bridgehead atoms. The highest BCUT2D eigenvalue weighted by molar-refractivity contribution is 5.17. The van der Waals surface area contributed by atoms with Gasteiger partial charge in [0.1, 0.15) is 6.17 Å². The third kappa shape index (κ3) is 8.59.